The second-order valence-corrected chi connectivity index (χ2v) is 5.10. The van der Waals surface area contributed by atoms with Crippen LogP contribution in [0.4, 0.5) is 0 Å². The molecule has 1 aliphatic rings. The summed E-state index contributed by atoms with van der Waals surface area (Å²) in [5, 5.41) is 0. The van der Waals surface area contributed by atoms with Crippen LogP contribution in [-0.4, -0.2) is 0 Å². The molecule has 0 aliphatic heterocycles. The van der Waals surface area contributed by atoms with Gasteiger partial charge in [0.05, 0.1) is 0 Å². The van der Waals surface area contributed by atoms with E-state index < -0.39 is 0 Å². The van der Waals surface area contributed by atoms with Crippen LogP contribution in [0, 0.1) is 0 Å². The monoisotopic (exact) mass is 216 g/mol. The van der Waals surface area contributed by atoms with Crippen molar-refractivity contribution in [2.45, 2.75) is 64.2 Å². The lowest BCUT2D eigenvalue weighted by molar-refractivity contribution is 0.559. The predicted octanol–water partition coefficient (Wildman–Crippen LogP) is 4.91. The maximum Gasteiger partial charge on any atom is -0.0276 e. The summed E-state index contributed by atoms with van der Waals surface area (Å²) >= 11 is 0. The highest BCUT2D eigenvalue weighted by atomic mass is 14.1. The highest BCUT2D eigenvalue weighted by Gasteiger charge is 2.03. The maximum atomic E-state index is 2.33. The lowest BCUT2D eigenvalue weighted by Crippen LogP contribution is -1.96. The molecule has 0 heteroatoms. The van der Waals surface area contributed by atoms with Crippen molar-refractivity contribution in [3.63, 3.8) is 0 Å². The van der Waals surface area contributed by atoms with E-state index in [1.54, 1.807) is 11.1 Å². The van der Waals surface area contributed by atoms with Gasteiger partial charge in [0, 0.05) is 0 Å². The van der Waals surface area contributed by atoms with Crippen molar-refractivity contribution in [3.05, 3.63) is 35.4 Å². The minimum Gasteiger partial charge on any atom is -0.0620 e. The quantitative estimate of drug-likeness (QED) is 0.578. The number of benzene rings is 1. The van der Waals surface area contributed by atoms with Gasteiger partial charge in [-0.05, 0) is 36.8 Å². The van der Waals surface area contributed by atoms with Crippen molar-refractivity contribution < 1.29 is 0 Å². The Morgan fingerprint density at radius 2 is 0.875 bits per heavy atom. The molecule has 0 unspecified atom stereocenters. The molecule has 0 atom stereocenters. The highest BCUT2D eigenvalue weighted by molar-refractivity contribution is 5.27. The normalized spacial score (nSPS) is 19.2. The molecule has 88 valence electrons. The van der Waals surface area contributed by atoms with Crippen molar-refractivity contribution in [2.24, 2.45) is 0 Å². The lowest BCUT2D eigenvalue weighted by Gasteiger charge is -2.11. The van der Waals surface area contributed by atoms with Crippen LogP contribution in [0.25, 0.3) is 0 Å². The van der Waals surface area contributed by atoms with Crippen LogP contribution < -0.4 is 0 Å². The summed E-state index contributed by atoms with van der Waals surface area (Å²) in [6.45, 7) is 0. The molecule has 0 aromatic heterocycles. The fraction of sp³-hybridized carbons (Fsp3) is 0.625. The van der Waals surface area contributed by atoms with Crippen LogP contribution >= 0.6 is 0 Å². The van der Waals surface area contributed by atoms with Crippen LogP contribution in [0.3, 0.4) is 0 Å². The smallest absolute Gasteiger partial charge is 0.0276 e. The van der Waals surface area contributed by atoms with Gasteiger partial charge < -0.3 is 0 Å². The van der Waals surface area contributed by atoms with Gasteiger partial charge in [0.2, 0.25) is 0 Å². The van der Waals surface area contributed by atoms with E-state index in [0.717, 1.165) is 0 Å². The van der Waals surface area contributed by atoms with Crippen LogP contribution in [0.15, 0.2) is 24.3 Å². The van der Waals surface area contributed by atoms with Crippen molar-refractivity contribution in [1.82, 2.24) is 0 Å². The molecule has 1 aromatic rings. The molecule has 0 saturated heterocycles. The van der Waals surface area contributed by atoms with Crippen LogP contribution in [-0.2, 0) is 12.8 Å². The molecule has 0 amide bonds. The highest BCUT2D eigenvalue weighted by Crippen LogP contribution is 2.18. The summed E-state index contributed by atoms with van der Waals surface area (Å²) in [7, 11) is 0. The molecule has 1 aliphatic carbocycles. The first-order chi connectivity index (χ1) is 7.97. The van der Waals surface area contributed by atoms with E-state index >= 15 is 0 Å². The molecule has 1 aromatic carbocycles. The Labute approximate surface area is 100 Å². The molecule has 0 spiro atoms. The molecular formula is C16H24. The van der Waals surface area contributed by atoms with E-state index in [1.807, 2.05) is 0 Å². The van der Waals surface area contributed by atoms with Gasteiger partial charge in [0.15, 0.2) is 0 Å². The van der Waals surface area contributed by atoms with Crippen molar-refractivity contribution in [2.75, 3.05) is 0 Å². The molecule has 0 nitrogen and oxygen atoms in total. The van der Waals surface area contributed by atoms with Gasteiger partial charge in [-0.1, -0.05) is 62.8 Å². The molecule has 0 fully saturated rings. The van der Waals surface area contributed by atoms with Gasteiger partial charge in [-0.2, -0.15) is 0 Å². The Hall–Kier alpha value is -0.780. The van der Waals surface area contributed by atoms with Gasteiger partial charge in [0.1, 0.15) is 0 Å². The zero-order valence-electron chi connectivity index (χ0n) is 10.4. The lowest BCUT2D eigenvalue weighted by atomic mass is 9.95. The van der Waals surface area contributed by atoms with Crippen LogP contribution in [0.5, 0.6) is 0 Å². The molecule has 16 heavy (non-hydrogen) atoms. The van der Waals surface area contributed by atoms with E-state index in [2.05, 4.69) is 24.3 Å². The van der Waals surface area contributed by atoms with E-state index in [0.29, 0.717) is 0 Å². The van der Waals surface area contributed by atoms with Gasteiger partial charge in [-0.25, -0.2) is 0 Å². The molecular weight excluding hydrogens is 192 g/mol. The van der Waals surface area contributed by atoms with E-state index in [9.17, 15) is 0 Å². The SMILES string of the molecule is c1ccc2c(c1)CCCCCCCCCC2. The molecule has 0 saturated carbocycles. The maximum absolute atomic E-state index is 2.33. The number of hydrogen-bond donors (Lipinski definition) is 0. The number of hydrogen-bond acceptors (Lipinski definition) is 0. The van der Waals surface area contributed by atoms with E-state index in [4.69, 9.17) is 0 Å². The Bertz CT molecular complexity index is 270. The first-order valence-electron chi connectivity index (χ1n) is 7.03. The summed E-state index contributed by atoms with van der Waals surface area (Å²) in [5.41, 5.74) is 3.23. The summed E-state index contributed by atoms with van der Waals surface area (Å²) in [5.74, 6) is 0. The first-order valence-corrected chi connectivity index (χ1v) is 7.03. The van der Waals surface area contributed by atoms with Crippen LogP contribution in [0.2, 0.25) is 0 Å². The van der Waals surface area contributed by atoms with E-state index in [-0.39, 0.29) is 0 Å². The first kappa shape index (κ1) is 11.7. The second-order valence-electron chi connectivity index (χ2n) is 5.10. The Morgan fingerprint density at radius 3 is 1.31 bits per heavy atom. The molecule has 0 radical (unpaired) electrons. The van der Waals surface area contributed by atoms with Gasteiger partial charge in [-0.3, -0.25) is 0 Å². The zero-order valence-corrected chi connectivity index (χ0v) is 10.4. The number of fused-ring (bicyclic) bond motifs is 1. The summed E-state index contributed by atoms with van der Waals surface area (Å²) < 4.78 is 0. The van der Waals surface area contributed by atoms with Gasteiger partial charge in [-0.15, -0.1) is 0 Å². The molecule has 2 rings (SSSR count). The fourth-order valence-electron chi connectivity index (χ4n) is 2.74. The van der Waals surface area contributed by atoms with E-state index in [1.165, 1.54) is 64.2 Å². The third-order valence-electron chi connectivity index (χ3n) is 3.76. The summed E-state index contributed by atoms with van der Waals surface area (Å²) in [4.78, 5) is 0. The summed E-state index contributed by atoms with van der Waals surface area (Å²) in [6.07, 6.45) is 14.0. The van der Waals surface area contributed by atoms with Crippen molar-refractivity contribution >= 4 is 0 Å². The zero-order chi connectivity index (χ0) is 11.1. The minimum absolute atomic E-state index is 1.30. The molecule has 0 heterocycles. The second kappa shape index (κ2) is 6.73. The Kier molecular flexibility index (Phi) is 4.92. The molecule has 0 bridgehead atoms. The van der Waals surface area contributed by atoms with Crippen molar-refractivity contribution in [1.29, 1.82) is 0 Å². The van der Waals surface area contributed by atoms with Gasteiger partial charge in [0.25, 0.3) is 0 Å². The Morgan fingerprint density at radius 1 is 0.500 bits per heavy atom. The predicted molar refractivity (Wildman–Crippen MR) is 70.8 cm³/mol. The summed E-state index contributed by atoms with van der Waals surface area (Å²) in [6, 6.07) is 9.07. The third-order valence-corrected chi connectivity index (χ3v) is 3.76. The molecule has 0 N–H and O–H groups in total. The third kappa shape index (κ3) is 3.66. The topological polar surface area (TPSA) is 0 Å². The van der Waals surface area contributed by atoms with Crippen molar-refractivity contribution in [3.8, 4) is 0 Å². The van der Waals surface area contributed by atoms with Crippen LogP contribution in [0.1, 0.15) is 62.5 Å². The average Bonchev–Trinajstić information content (AvgIpc) is 2.30. The fourth-order valence-corrected chi connectivity index (χ4v) is 2.74. The number of aryl methyl sites for hydroxylation is 2. The average molecular weight is 216 g/mol. The largest absolute Gasteiger partial charge is 0.0620 e. The van der Waals surface area contributed by atoms with Gasteiger partial charge >= 0.3 is 0 Å². The minimum atomic E-state index is 1.30. The standard InChI is InChI=1S/C16H24/c1-2-4-6-8-12-16-14-10-9-13-15(16)11-7-5-3-1/h9-10,13-14H,1-8,11-12H2. The Balaban J connectivity index is 1.99. The number of rotatable bonds is 0.